The van der Waals surface area contributed by atoms with Gasteiger partial charge in [0.25, 0.3) is 0 Å². The lowest BCUT2D eigenvalue weighted by molar-refractivity contribution is 0.238. The third-order valence-corrected chi connectivity index (χ3v) is 6.79. The van der Waals surface area contributed by atoms with E-state index in [9.17, 15) is 4.79 Å². The van der Waals surface area contributed by atoms with E-state index in [1.54, 1.807) is 12.3 Å². The third kappa shape index (κ3) is 4.09. The first-order valence-electron chi connectivity index (χ1n) is 11.7. The third-order valence-electron chi connectivity index (χ3n) is 6.79. The van der Waals surface area contributed by atoms with Crippen LogP contribution >= 0.6 is 0 Å². The lowest BCUT2D eigenvalue weighted by Crippen LogP contribution is -2.56. The Balaban J connectivity index is 1.44. The Kier molecular flexibility index (Phi) is 5.82. The second-order valence-electron chi connectivity index (χ2n) is 9.12. The first kappa shape index (κ1) is 20.9. The number of nitrogens with zero attached hydrogens (tertiary/aromatic N) is 7. The van der Waals surface area contributed by atoms with Gasteiger partial charge in [-0.25, -0.2) is 19.7 Å². The Morgan fingerprint density at radius 3 is 2.75 bits per heavy atom. The number of rotatable bonds is 3. The van der Waals surface area contributed by atoms with E-state index in [4.69, 9.17) is 4.98 Å². The van der Waals surface area contributed by atoms with Crippen LogP contribution in [0.25, 0.3) is 0 Å². The molecular weight excluding hydrogens is 404 g/mol. The maximum atomic E-state index is 13.4. The standard InChI is InChI=1S/C23H32N8O/c1-17(2)28-11-4-12-29(14-13-28)21-7-6-19-22(27-21)31(18-5-3-10-30(19)15-18)23(32)26-20-8-9-24-16-25-20/h6-9,16-18H,3-5,10-15H2,1-2H3,(H,24,25,26,32)/t18-/m0/s1. The minimum absolute atomic E-state index is 0.112. The second-order valence-corrected chi connectivity index (χ2v) is 9.12. The van der Waals surface area contributed by atoms with E-state index in [-0.39, 0.29) is 12.1 Å². The van der Waals surface area contributed by atoms with Crippen LogP contribution in [0.1, 0.15) is 33.1 Å². The van der Waals surface area contributed by atoms with Crippen molar-refractivity contribution >= 4 is 29.2 Å². The Bertz CT molecular complexity index is 952. The van der Waals surface area contributed by atoms with Gasteiger partial charge in [-0.15, -0.1) is 0 Å². The van der Waals surface area contributed by atoms with Crippen molar-refractivity contribution in [2.45, 2.75) is 45.2 Å². The second kappa shape index (κ2) is 8.90. The molecule has 3 aliphatic rings. The maximum absolute atomic E-state index is 13.4. The molecule has 5 rings (SSSR count). The highest BCUT2D eigenvalue weighted by molar-refractivity contribution is 6.04. The van der Waals surface area contributed by atoms with E-state index in [1.165, 1.54) is 6.33 Å². The molecule has 5 heterocycles. The number of amides is 2. The normalized spacial score (nSPS) is 21.3. The Morgan fingerprint density at radius 2 is 1.94 bits per heavy atom. The number of hydrogen-bond acceptors (Lipinski definition) is 7. The molecule has 1 N–H and O–H groups in total. The predicted octanol–water partition coefficient (Wildman–Crippen LogP) is 2.81. The maximum Gasteiger partial charge on any atom is 0.329 e. The van der Waals surface area contributed by atoms with Gasteiger partial charge in [-0.05, 0) is 51.3 Å². The zero-order valence-corrected chi connectivity index (χ0v) is 18.9. The van der Waals surface area contributed by atoms with Gasteiger partial charge >= 0.3 is 6.03 Å². The SMILES string of the molecule is CC(C)N1CCCN(c2ccc3c(n2)N(C(=O)Nc2ccncn2)[C@H]2CCCN3C2)CC1. The van der Waals surface area contributed by atoms with Crippen molar-refractivity contribution in [3.05, 3.63) is 30.7 Å². The predicted molar refractivity (Wildman–Crippen MR) is 127 cm³/mol. The van der Waals surface area contributed by atoms with Crippen LogP contribution in [-0.2, 0) is 0 Å². The number of anilines is 4. The molecular formula is C23H32N8O. The fourth-order valence-electron chi connectivity index (χ4n) is 5.07. The number of pyridine rings is 1. The van der Waals surface area contributed by atoms with Crippen LogP contribution in [0.15, 0.2) is 30.7 Å². The molecule has 2 amide bonds. The largest absolute Gasteiger partial charge is 0.366 e. The minimum Gasteiger partial charge on any atom is -0.366 e. The molecule has 2 aromatic heterocycles. The molecule has 0 unspecified atom stereocenters. The summed E-state index contributed by atoms with van der Waals surface area (Å²) in [5, 5.41) is 2.94. The van der Waals surface area contributed by atoms with Crippen molar-refractivity contribution in [3.63, 3.8) is 0 Å². The van der Waals surface area contributed by atoms with E-state index >= 15 is 0 Å². The molecule has 2 bridgehead atoms. The van der Waals surface area contributed by atoms with E-state index in [1.807, 2.05) is 4.90 Å². The smallest absolute Gasteiger partial charge is 0.329 e. The lowest BCUT2D eigenvalue weighted by atomic mass is 10.00. The molecule has 3 aliphatic heterocycles. The highest BCUT2D eigenvalue weighted by Crippen LogP contribution is 2.39. The van der Waals surface area contributed by atoms with Crippen LogP contribution in [0.4, 0.5) is 27.9 Å². The average Bonchev–Trinajstić information content (AvgIpc) is 3.06. The van der Waals surface area contributed by atoms with Gasteiger partial charge in [0.2, 0.25) is 0 Å². The molecule has 170 valence electrons. The number of carbonyl (C=O) groups is 1. The number of aromatic nitrogens is 3. The van der Waals surface area contributed by atoms with Crippen LogP contribution in [0.2, 0.25) is 0 Å². The van der Waals surface area contributed by atoms with Crippen molar-refractivity contribution < 1.29 is 4.79 Å². The van der Waals surface area contributed by atoms with Gasteiger partial charge in [0.15, 0.2) is 5.82 Å². The van der Waals surface area contributed by atoms with Gasteiger partial charge in [0.1, 0.15) is 18.0 Å². The number of nitrogens with one attached hydrogen (secondary N) is 1. The van der Waals surface area contributed by atoms with Crippen molar-refractivity contribution in [2.24, 2.45) is 0 Å². The topological polar surface area (TPSA) is 80.7 Å². The number of urea groups is 1. The van der Waals surface area contributed by atoms with E-state index in [0.29, 0.717) is 11.9 Å². The summed E-state index contributed by atoms with van der Waals surface area (Å²) in [5.74, 6) is 2.22. The first-order chi connectivity index (χ1) is 15.6. The van der Waals surface area contributed by atoms with Crippen LogP contribution in [0.5, 0.6) is 0 Å². The summed E-state index contributed by atoms with van der Waals surface area (Å²) in [6, 6.07) is 6.47. The molecule has 1 atom stereocenters. The highest BCUT2D eigenvalue weighted by Gasteiger charge is 2.38. The lowest BCUT2D eigenvalue weighted by Gasteiger charge is -2.46. The Morgan fingerprint density at radius 1 is 1.06 bits per heavy atom. The molecule has 32 heavy (non-hydrogen) atoms. The fraction of sp³-hybridized carbons (Fsp3) is 0.565. The molecule has 0 aliphatic carbocycles. The number of piperidine rings is 1. The zero-order chi connectivity index (χ0) is 22.1. The van der Waals surface area contributed by atoms with Crippen molar-refractivity contribution in [3.8, 4) is 0 Å². The zero-order valence-electron chi connectivity index (χ0n) is 18.9. The minimum atomic E-state index is -0.178. The molecule has 9 nitrogen and oxygen atoms in total. The summed E-state index contributed by atoms with van der Waals surface area (Å²) < 4.78 is 0. The van der Waals surface area contributed by atoms with Crippen molar-refractivity contribution in [2.75, 3.05) is 59.3 Å². The van der Waals surface area contributed by atoms with Crippen molar-refractivity contribution in [1.29, 1.82) is 0 Å². The summed E-state index contributed by atoms with van der Waals surface area (Å²) in [6.07, 6.45) is 6.24. The highest BCUT2D eigenvalue weighted by atomic mass is 16.2. The van der Waals surface area contributed by atoms with Gasteiger partial charge in [0.05, 0.1) is 11.7 Å². The molecule has 9 heteroatoms. The van der Waals surface area contributed by atoms with Crippen LogP contribution in [-0.4, -0.2) is 77.2 Å². The summed E-state index contributed by atoms with van der Waals surface area (Å²) in [7, 11) is 0. The van der Waals surface area contributed by atoms with E-state index in [2.05, 4.69) is 56.0 Å². The van der Waals surface area contributed by atoms with E-state index in [0.717, 1.165) is 75.9 Å². The van der Waals surface area contributed by atoms with Gasteiger partial charge in [0, 0.05) is 51.5 Å². The first-order valence-corrected chi connectivity index (χ1v) is 11.7. The molecule has 2 aromatic rings. The molecule has 0 saturated carbocycles. The summed E-state index contributed by atoms with van der Waals surface area (Å²) in [4.78, 5) is 35.6. The molecule has 0 spiro atoms. The van der Waals surface area contributed by atoms with Crippen LogP contribution in [0, 0.1) is 0 Å². The Labute approximate surface area is 189 Å². The van der Waals surface area contributed by atoms with Crippen LogP contribution in [0.3, 0.4) is 0 Å². The number of fused-ring (bicyclic) bond motifs is 4. The summed E-state index contributed by atoms with van der Waals surface area (Å²) in [6.45, 7) is 10.4. The van der Waals surface area contributed by atoms with Crippen molar-refractivity contribution in [1.82, 2.24) is 19.9 Å². The monoisotopic (exact) mass is 436 g/mol. The summed E-state index contributed by atoms with van der Waals surface area (Å²) >= 11 is 0. The van der Waals surface area contributed by atoms with Gasteiger partial charge in [-0.1, -0.05) is 0 Å². The number of hydrogen-bond donors (Lipinski definition) is 1. The van der Waals surface area contributed by atoms with Gasteiger partial charge < -0.3 is 9.80 Å². The van der Waals surface area contributed by atoms with Gasteiger partial charge in [-0.2, -0.15) is 0 Å². The molecule has 2 fully saturated rings. The summed E-state index contributed by atoms with van der Waals surface area (Å²) in [5.41, 5.74) is 1.04. The molecule has 0 aromatic carbocycles. The Hall–Kier alpha value is -2.94. The van der Waals surface area contributed by atoms with E-state index < -0.39 is 0 Å². The van der Waals surface area contributed by atoms with Crippen LogP contribution < -0.4 is 20.0 Å². The molecule has 2 saturated heterocycles. The molecule has 0 radical (unpaired) electrons. The number of carbonyl (C=O) groups excluding carboxylic acids is 1. The average molecular weight is 437 g/mol. The fourth-order valence-corrected chi connectivity index (χ4v) is 5.07. The van der Waals surface area contributed by atoms with Gasteiger partial charge in [-0.3, -0.25) is 15.1 Å². The quantitative estimate of drug-likeness (QED) is 0.792.